The molecule has 1 saturated heterocycles. The number of rotatable bonds is 2. The zero-order valence-electron chi connectivity index (χ0n) is 21.1. The number of carbonyl (C=O) groups is 2. The Morgan fingerprint density at radius 3 is 2.21 bits per heavy atom. The molecule has 1 aliphatic heterocycles. The molecule has 0 aromatic carbocycles. The number of aliphatic hydroxyl groups excluding tert-OH is 4. The van der Waals surface area contributed by atoms with Gasteiger partial charge in [0.25, 0.3) is 0 Å². The number of allylic oxidation sites excluding steroid dienone is 1. The Morgan fingerprint density at radius 2 is 1.62 bits per heavy atom. The summed E-state index contributed by atoms with van der Waals surface area (Å²) in [5.41, 5.74) is -2.46. The highest BCUT2D eigenvalue weighted by atomic mass is 16.6. The number of carbonyl (C=O) groups excluding carboxylic acids is 2. The summed E-state index contributed by atoms with van der Waals surface area (Å²) in [4.78, 5) is 26.2. The number of esters is 1. The Balaban J connectivity index is 1.69. The largest absolute Gasteiger partial charge is 0.456 e. The van der Waals surface area contributed by atoms with Crippen LogP contribution in [0.1, 0.15) is 79.6 Å². The quantitative estimate of drug-likeness (QED) is 0.451. The number of ketones is 1. The maximum atomic E-state index is 14.1. The van der Waals surface area contributed by atoms with Crippen molar-refractivity contribution in [1.82, 2.24) is 0 Å². The van der Waals surface area contributed by atoms with Gasteiger partial charge in [-0.15, -0.1) is 0 Å². The fourth-order valence-corrected chi connectivity index (χ4v) is 9.37. The Morgan fingerprint density at radius 1 is 0.941 bits per heavy atom. The van der Waals surface area contributed by atoms with Crippen molar-refractivity contribution in [3.05, 3.63) is 11.1 Å². The van der Waals surface area contributed by atoms with Crippen LogP contribution in [0, 0.1) is 33.5 Å². The van der Waals surface area contributed by atoms with Gasteiger partial charge in [-0.1, -0.05) is 34.6 Å². The van der Waals surface area contributed by atoms with Crippen LogP contribution < -0.4 is 0 Å². The summed E-state index contributed by atoms with van der Waals surface area (Å²) in [5, 5.41) is 44.4. The van der Waals surface area contributed by atoms with Crippen LogP contribution in [0.15, 0.2) is 11.1 Å². The molecular weight excluding hydrogens is 436 g/mol. The van der Waals surface area contributed by atoms with Crippen LogP contribution in [0.3, 0.4) is 0 Å². The maximum Gasteiger partial charge on any atom is 0.306 e. The SMILES string of the molecule is CC12CCC(O)C(C)(C)C1CC(O)C1=C2C(=O)CC2(C)C(C3(CO)CCC(=O)O3)CC(O)C12C. The number of fused-ring (bicyclic) bond motifs is 4. The van der Waals surface area contributed by atoms with E-state index in [1.165, 1.54) is 0 Å². The molecule has 4 aliphatic carbocycles. The summed E-state index contributed by atoms with van der Waals surface area (Å²) in [6.45, 7) is 9.72. The van der Waals surface area contributed by atoms with Gasteiger partial charge in [0.15, 0.2) is 5.78 Å². The first-order valence-corrected chi connectivity index (χ1v) is 12.8. The molecule has 34 heavy (non-hydrogen) atoms. The van der Waals surface area contributed by atoms with Gasteiger partial charge in [0.2, 0.25) is 0 Å². The van der Waals surface area contributed by atoms with Crippen molar-refractivity contribution in [2.75, 3.05) is 6.61 Å². The van der Waals surface area contributed by atoms with Crippen LogP contribution in [0.2, 0.25) is 0 Å². The first-order chi connectivity index (χ1) is 15.7. The lowest BCUT2D eigenvalue weighted by molar-refractivity contribution is -0.168. The lowest BCUT2D eigenvalue weighted by atomic mass is 9.42. The highest BCUT2D eigenvalue weighted by Gasteiger charge is 2.73. The Bertz CT molecular complexity index is 970. The van der Waals surface area contributed by atoms with Gasteiger partial charge in [-0.05, 0) is 53.4 Å². The van der Waals surface area contributed by atoms with Crippen molar-refractivity contribution in [3.8, 4) is 0 Å². The standard InChI is InChI=1S/C27H40O7/c1-23(2)16-10-14(29)22-21(24(16,3)8-6-18(23)31)15(30)12-25(4)17(11-19(32)26(22,25)5)27(13-28)9-7-20(33)34-27/h14,16-19,28-29,31-32H,6-13H2,1-5H3. The topological polar surface area (TPSA) is 124 Å². The summed E-state index contributed by atoms with van der Waals surface area (Å²) < 4.78 is 5.71. The minimum absolute atomic E-state index is 0.0232. The molecule has 7 nitrogen and oxygen atoms in total. The molecule has 0 aromatic rings. The Hall–Kier alpha value is -1.28. The molecule has 9 atom stereocenters. The third-order valence-electron chi connectivity index (χ3n) is 11.5. The minimum Gasteiger partial charge on any atom is -0.456 e. The van der Waals surface area contributed by atoms with Gasteiger partial charge in [-0.2, -0.15) is 0 Å². The minimum atomic E-state index is -1.12. The van der Waals surface area contributed by atoms with E-state index in [4.69, 9.17) is 4.74 Å². The Labute approximate surface area is 201 Å². The van der Waals surface area contributed by atoms with E-state index in [1.807, 2.05) is 27.7 Å². The van der Waals surface area contributed by atoms with Crippen LogP contribution in [0.4, 0.5) is 0 Å². The van der Waals surface area contributed by atoms with Gasteiger partial charge in [0.05, 0.1) is 24.9 Å². The molecule has 5 aliphatic rings. The van der Waals surface area contributed by atoms with Crippen LogP contribution in [0.5, 0.6) is 0 Å². The lowest BCUT2D eigenvalue weighted by Crippen LogP contribution is -2.62. The second kappa shape index (κ2) is 7.15. The van der Waals surface area contributed by atoms with E-state index >= 15 is 0 Å². The molecule has 190 valence electrons. The summed E-state index contributed by atoms with van der Waals surface area (Å²) >= 11 is 0. The van der Waals surface area contributed by atoms with Crippen LogP contribution in [0.25, 0.3) is 0 Å². The predicted octanol–water partition coefficient (Wildman–Crippen LogP) is 2.29. The number of aliphatic hydroxyl groups is 4. The lowest BCUT2D eigenvalue weighted by Gasteiger charge is -2.62. The molecule has 7 heteroatoms. The molecule has 0 bridgehead atoms. The molecule has 3 fully saturated rings. The van der Waals surface area contributed by atoms with E-state index in [0.717, 1.165) is 0 Å². The average Bonchev–Trinajstić information content (AvgIpc) is 3.24. The summed E-state index contributed by atoms with van der Waals surface area (Å²) in [6.07, 6.45) is 0.451. The number of Topliss-reactive ketones (excluding diaryl/α,β-unsaturated/α-hetero) is 1. The first-order valence-electron chi connectivity index (χ1n) is 12.8. The zero-order valence-corrected chi connectivity index (χ0v) is 21.1. The van der Waals surface area contributed by atoms with E-state index in [2.05, 4.69) is 6.92 Å². The van der Waals surface area contributed by atoms with Crippen molar-refractivity contribution in [2.24, 2.45) is 33.5 Å². The molecule has 5 rings (SSSR count). The van der Waals surface area contributed by atoms with Crippen molar-refractivity contribution in [1.29, 1.82) is 0 Å². The van der Waals surface area contributed by atoms with Crippen LogP contribution >= 0.6 is 0 Å². The van der Waals surface area contributed by atoms with Crippen molar-refractivity contribution < 1.29 is 34.8 Å². The van der Waals surface area contributed by atoms with Crippen LogP contribution in [-0.2, 0) is 14.3 Å². The molecule has 0 amide bonds. The van der Waals surface area contributed by atoms with E-state index < -0.39 is 51.5 Å². The monoisotopic (exact) mass is 476 g/mol. The molecule has 2 saturated carbocycles. The number of hydrogen-bond acceptors (Lipinski definition) is 7. The molecular formula is C27H40O7. The number of ether oxygens (including phenoxy) is 1. The van der Waals surface area contributed by atoms with Gasteiger partial charge in [-0.3, -0.25) is 9.59 Å². The van der Waals surface area contributed by atoms with Crippen molar-refractivity contribution in [3.63, 3.8) is 0 Å². The highest BCUT2D eigenvalue weighted by molar-refractivity contribution is 6.00. The van der Waals surface area contributed by atoms with Gasteiger partial charge >= 0.3 is 5.97 Å². The second-order valence-electron chi connectivity index (χ2n) is 13.1. The predicted molar refractivity (Wildman–Crippen MR) is 123 cm³/mol. The molecule has 0 radical (unpaired) electrons. The zero-order chi connectivity index (χ0) is 25.1. The highest BCUT2D eigenvalue weighted by Crippen LogP contribution is 2.72. The summed E-state index contributed by atoms with van der Waals surface area (Å²) in [7, 11) is 0. The first kappa shape index (κ1) is 24.4. The fourth-order valence-electron chi connectivity index (χ4n) is 9.37. The van der Waals surface area contributed by atoms with Crippen molar-refractivity contribution in [2.45, 2.75) is 103 Å². The van der Waals surface area contributed by atoms with Gasteiger partial charge < -0.3 is 25.2 Å². The molecule has 4 N–H and O–H groups in total. The normalized spacial score (nSPS) is 52.2. The second-order valence-corrected chi connectivity index (χ2v) is 13.1. The van der Waals surface area contributed by atoms with Gasteiger partial charge in [0, 0.05) is 36.2 Å². The van der Waals surface area contributed by atoms with E-state index in [-0.39, 0.29) is 37.1 Å². The van der Waals surface area contributed by atoms with Crippen LogP contribution in [-0.4, -0.2) is 62.7 Å². The smallest absolute Gasteiger partial charge is 0.306 e. The van der Waals surface area contributed by atoms with E-state index in [0.29, 0.717) is 43.3 Å². The molecule has 9 unspecified atom stereocenters. The van der Waals surface area contributed by atoms with Gasteiger partial charge in [-0.25, -0.2) is 0 Å². The van der Waals surface area contributed by atoms with Gasteiger partial charge in [0.1, 0.15) is 5.60 Å². The Kier molecular flexibility index (Phi) is 5.13. The van der Waals surface area contributed by atoms with E-state index in [9.17, 15) is 30.0 Å². The number of cyclic esters (lactones) is 1. The number of hydrogen-bond donors (Lipinski definition) is 4. The molecule has 0 spiro atoms. The third-order valence-corrected chi connectivity index (χ3v) is 11.5. The summed E-state index contributed by atoms with van der Waals surface area (Å²) in [5.74, 6) is -0.858. The van der Waals surface area contributed by atoms with E-state index in [1.54, 1.807) is 0 Å². The maximum absolute atomic E-state index is 14.1. The van der Waals surface area contributed by atoms with Crippen molar-refractivity contribution >= 4 is 11.8 Å². The summed E-state index contributed by atoms with van der Waals surface area (Å²) in [6, 6.07) is 0. The molecule has 0 aromatic heterocycles. The average molecular weight is 477 g/mol. The third kappa shape index (κ3) is 2.67. The fraction of sp³-hybridized carbons (Fsp3) is 0.852. The molecule has 1 heterocycles.